The Balaban J connectivity index is 1.52. The lowest BCUT2D eigenvalue weighted by Crippen LogP contribution is -2.48. The molecule has 1 aromatic carbocycles. The molecule has 138 valence electrons. The summed E-state index contributed by atoms with van der Waals surface area (Å²) >= 11 is 0. The molecule has 25 heavy (non-hydrogen) atoms. The molecule has 1 N–H and O–H groups in total. The fourth-order valence-electron chi connectivity index (χ4n) is 5.25. The predicted octanol–water partition coefficient (Wildman–Crippen LogP) is 3.98. The summed E-state index contributed by atoms with van der Waals surface area (Å²) in [5, 5.41) is 3.39. The molecule has 0 saturated heterocycles. The minimum Gasteiger partial charge on any atom is -0.353 e. The monoisotopic (exact) mass is 343 g/mol. The molecule has 0 aromatic heterocycles. The molecule has 2 fully saturated rings. The van der Waals surface area contributed by atoms with Crippen LogP contribution >= 0.6 is 0 Å². The van der Waals surface area contributed by atoms with Gasteiger partial charge in [-0.1, -0.05) is 51.1 Å². The first-order valence-electron chi connectivity index (χ1n) is 9.79. The van der Waals surface area contributed by atoms with Crippen molar-refractivity contribution in [2.75, 3.05) is 20.6 Å². The van der Waals surface area contributed by atoms with E-state index in [9.17, 15) is 4.79 Å². The molecule has 0 spiro atoms. The van der Waals surface area contributed by atoms with Gasteiger partial charge in [0.2, 0.25) is 5.91 Å². The number of nitrogens with zero attached hydrogens (tertiary/aromatic N) is 1. The molecule has 2 saturated carbocycles. The smallest absolute Gasteiger partial charge is 0.225 e. The summed E-state index contributed by atoms with van der Waals surface area (Å²) < 4.78 is 0.841. The van der Waals surface area contributed by atoms with Gasteiger partial charge in [0.05, 0.1) is 27.1 Å². The first-order chi connectivity index (χ1) is 11.6. The number of amides is 1. The molecule has 3 atom stereocenters. The van der Waals surface area contributed by atoms with E-state index in [4.69, 9.17) is 0 Å². The van der Waals surface area contributed by atoms with E-state index < -0.39 is 0 Å². The van der Waals surface area contributed by atoms with Gasteiger partial charge >= 0.3 is 0 Å². The van der Waals surface area contributed by atoms with Crippen LogP contribution in [-0.4, -0.2) is 37.1 Å². The highest BCUT2D eigenvalue weighted by Gasteiger charge is 2.61. The molecular weight excluding hydrogens is 308 g/mol. The topological polar surface area (TPSA) is 29.1 Å². The van der Waals surface area contributed by atoms with E-state index in [1.807, 2.05) is 6.07 Å². The van der Waals surface area contributed by atoms with E-state index in [1.54, 1.807) is 0 Å². The Morgan fingerprint density at radius 2 is 1.88 bits per heavy atom. The number of carbonyl (C=O) groups is 1. The fourth-order valence-corrected chi connectivity index (χ4v) is 5.25. The SMILES string of the molecule is CC1(C)[C@H]2CC[C@@]1(C)[C@@H](NC(=O)CC[N+](C)(C)Cc1ccccc1)C2. The zero-order valence-electron chi connectivity index (χ0n) is 16.6. The molecule has 1 amide bonds. The van der Waals surface area contributed by atoms with Crippen LogP contribution in [0.3, 0.4) is 0 Å². The Bertz CT molecular complexity index is 622. The molecule has 2 aliphatic carbocycles. The van der Waals surface area contributed by atoms with Crippen molar-refractivity contribution < 1.29 is 9.28 Å². The van der Waals surface area contributed by atoms with Gasteiger partial charge in [-0.2, -0.15) is 0 Å². The second-order valence-electron chi connectivity index (χ2n) is 9.78. The van der Waals surface area contributed by atoms with E-state index in [-0.39, 0.29) is 11.3 Å². The lowest BCUT2D eigenvalue weighted by atomic mass is 9.69. The number of rotatable bonds is 6. The molecule has 3 rings (SSSR count). The minimum atomic E-state index is 0.230. The first kappa shape index (κ1) is 18.4. The lowest BCUT2D eigenvalue weighted by molar-refractivity contribution is -0.903. The average molecular weight is 344 g/mol. The summed E-state index contributed by atoms with van der Waals surface area (Å²) in [6.45, 7) is 9.02. The molecule has 0 radical (unpaired) electrons. The van der Waals surface area contributed by atoms with Gasteiger partial charge in [-0.15, -0.1) is 0 Å². The predicted molar refractivity (Wildman–Crippen MR) is 103 cm³/mol. The fraction of sp³-hybridized carbons (Fsp3) is 0.682. The van der Waals surface area contributed by atoms with Gasteiger partial charge in [0.1, 0.15) is 6.54 Å². The summed E-state index contributed by atoms with van der Waals surface area (Å²) in [6.07, 6.45) is 4.36. The molecule has 2 bridgehead atoms. The molecule has 0 heterocycles. The van der Waals surface area contributed by atoms with Gasteiger partial charge in [-0.3, -0.25) is 4.79 Å². The van der Waals surface area contributed by atoms with Crippen molar-refractivity contribution in [3.8, 4) is 0 Å². The standard InChI is InChI=1S/C22H34N2O/c1-21(2)18-11-13-22(21,3)19(15-18)23-20(25)12-14-24(4,5)16-17-9-7-6-8-10-17/h6-10,18-19H,11-16H2,1-5H3/p+1/t18-,19-,22-/m0/s1. The Morgan fingerprint density at radius 1 is 1.20 bits per heavy atom. The quantitative estimate of drug-likeness (QED) is 0.778. The summed E-state index contributed by atoms with van der Waals surface area (Å²) in [5.41, 5.74) is 1.95. The van der Waals surface area contributed by atoms with Crippen LogP contribution in [0, 0.1) is 16.7 Å². The van der Waals surface area contributed by atoms with Crippen molar-refractivity contribution in [1.29, 1.82) is 0 Å². The number of quaternary nitrogens is 1. The number of hydrogen-bond donors (Lipinski definition) is 1. The third-order valence-electron chi connectivity index (χ3n) is 7.53. The molecule has 3 nitrogen and oxygen atoms in total. The largest absolute Gasteiger partial charge is 0.353 e. The van der Waals surface area contributed by atoms with Crippen LogP contribution < -0.4 is 5.32 Å². The van der Waals surface area contributed by atoms with Gasteiger partial charge in [-0.05, 0) is 36.0 Å². The van der Waals surface area contributed by atoms with Crippen LogP contribution in [0.25, 0.3) is 0 Å². The average Bonchev–Trinajstić information content (AvgIpc) is 2.87. The third kappa shape index (κ3) is 3.48. The Hall–Kier alpha value is -1.35. The summed E-state index contributed by atoms with van der Waals surface area (Å²) in [4.78, 5) is 12.6. The highest BCUT2D eigenvalue weighted by molar-refractivity contribution is 5.76. The van der Waals surface area contributed by atoms with Crippen LogP contribution in [0.1, 0.15) is 52.0 Å². The summed E-state index contributed by atoms with van der Waals surface area (Å²) in [5.74, 6) is 1.00. The van der Waals surface area contributed by atoms with Crippen LogP contribution in [0.15, 0.2) is 30.3 Å². The summed E-state index contributed by atoms with van der Waals surface area (Å²) in [7, 11) is 4.42. The van der Waals surface area contributed by atoms with Crippen molar-refractivity contribution in [2.45, 2.75) is 59.0 Å². The molecule has 0 aliphatic heterocycles. The number of fused-ring (bicyclic) bond motifs is 2. The van der Waals surface area contributed by atoms with Gasteiger partial charge in [-0.25, -0.2) is 0 Å². The van der Waals surface area contributed by atoms with E-state index in [0.717, 1.165) is 29.9 Å². The van der Waals surface area contributed by atoms with Crippen molar-refractivity contribution in [3.05, 3.63) is 35.9 Å². The Morgan fingerprint density at radius 3 is 2.44 bits per heavy atom. The van der Waals surface area contributed by atoms with Crippen LogP contribution in [0.2, 0.25) is 0 Å². The van der Waals surface area contributed by atoms with E-state index in [2.05, 4.69) is 64.4 Å². The summed E-state index contributed by atoms with van der Waals surface area (Å²) in [6, 6.07) is 10.9. The molecule has 2 aliphatic rings. The van der Waals surface area contributed by atoms with Crippen LogP contribution in [0.5, 0.6) is 0 Å². The number of benzene rings is 1. The number of hydrogen-bond acceptors (Lipinski definition) is 1. The zero-order chi connectivity index (χ0) is 18.3. The second kappa shape index (κ2) is 6.42. The molecular formula is C22H35N2O+. The van der Waals surface area contributed by atoms with Crippen LogP contribution in [0.4, 0.5) is 0 Å². The highest BCUT2D eigenvalue weighted by atomic mass is 16.1. The Kier molecular flexibility index (Phi) is 4.74. The van der Waals surface area contributed by atoms with Gasteiger partial charge in [0.15, 0.2) is 0 Å². The van der Waals surface area contributed by atoms with E-state index >= 15 is 0 Å². The van der Waals surface area contributed by atoms with E-state index in [0.29, 0.717) is 17.9 Å². The first-order valence-corrected chi connectivity index (χ1v) is 9.79. The van der Waals surface area contributed by atoms with E-state index in [1.165, 1.54) is 18.4 Å². The molecule has 0 unspecified atom stereocenters. The number of nitrogens with one attached hydrogen (secondary N) is 1. The van der Waals surface area contributed by atoms with Gasteiger partial charge in [0.25, 0.3) is 0 Å². The van der Waals surface area contributed by atoms with Crippen molar-refractivity contribution >= 4 is 5.91 Å². The third-order valence-corrected chi connectivity index (χ3v) is 7.53. The molecule has 3 heteroatoms. The number of carbonyl (C=O) groups excluding carboxylic acids is 1. The van der Waals surface area contributed by atoms with Gasteiger partial charge < -0.3 is 9.80 Å². The lowest BCUT2D eigenvalue weighted by Gasteiger charge is -2.39. The van der Waals surface area contributed by atoms with Crippen molar-refractivity contribution in [2.24, 2.45) is 16.7 Å². The maximum absolute atomic E-state index is 12.6. The highest BCUT2D eigenvalue weighted by Crippen LogP contribution is 2.65. The minimum absolute atomic E-state index is 0.230. The van der Waals surface area contributed by atoms with Gasteiger partial charge in [0, 0.05) is 11.6 Å². The maximum atomic E-state index is 12.6. The second-order valence-corrected chi connectivity index (χ2v) is 9.78. The Labute approximate surface area is 153 Å². The zero-order valence-corrected chi connectivity index (χ0v) is 16.6. The molecule has 1 aromatic rings. The van der Waals surface area contributed by atoms with Crippen molar-refractivity contribution in [3.63, 3.8) is 0 Å². The normalized spacial score (nSPS) is 30.4. The maximum Gasteiger partial charge on any atom is 0.225 e. The van der Waals surface area contributed by atoms with Crippen LogP contribution in [-0.2, 0) is 11.3 Å². The van der Waals surface area contributed by atoms with Crippen molar-refractivity contribution in [1.82, 2.24) is 5.32 Å².